The predicted molar refractivity (Wildman–Crippen MR) is 350 cm³/mol. The Morgan fingerprint density at radius 1 is 0.398 bits per heavy atom. The maximum absolute atomic E-state index is 13.5. The molecule has 0 aliphatic carbocycles. The summed E-state index contributed by atoms with van der Waals surface area (Å²) in [5.41, 5.74) is 0. The van der Waals surface area contributed by atoms with E-state index in [9.17, 15) is 91.3 Å². The second-order valence-corrected chi connectivity index (χ2v) is 27.1. The molecular weight excluding hydrogens is 1290 g/mol. The SMILES string of the molecule is CCCCCCCCCCCCC/C=C/[C@@H](O)[C@H](CO[C@@H]1OC(CO)[C@@H](O[C@@H]2OC(CO)[C@H](O)[C@H](O[C@@H]3OC(CO)[C@@H](O)[C@H](O[C@@H]4OC(CO)[C@H](O)[C@H](O[C@@H]5OC(CO)[C@H](O)[C@H](O)C5O)C4O)C3NC(C)=O)C2O)[C@H](O)C1O)NC(=O)CCCCCCCCCCCCCCCCC. The summed E-state index contributed by atoms with van der Waals surface area (Å²) in [6.45, 7) is 0.280. The van der Waals surface area contributed by atoms with Crippen molar-refractivity contribution in [1.82, 2.24) is 10.6 Å². The molecule has 30 nitrogen and oxygen atoms in total. The van der Waals surface area contributed by atoms with Gasteiger partial charge in [0.05, 0.1) is 51.8 Å². The van der Waals surface area contributed by atoms with E-state index in [1.165, 1.54) is 109 Å². The molecule has 574 valence electrons. The van der Waals surface area contributed by atoms with Crippen molar-refractivity contribution in [2.24, 2.45) is 0 Å². The molecule has 5 fully saturated rings. The first-order valence-electron chi connectivity index (χ1n) is 36.5. The molecule has 5 saturated heterocycles. The van der Waals surface area contributed by atoms with Crippen LogP contribution in [-0.4, -0.2) is 299 Å². The Morgan fingerprint density at radius 2 is 0.755 bits per heavy atom. The molecule has 0 radical (unpaired) electrons. The summed E-state index contributed by atoms with van der Waals surface area (Å²) >= 11 is 0. The van der Waals surface area contributed by atoms with Gasteiger partial charge in [0.25, 0.3) is 0 Å². The monoisotopic (exact) mass is 1420 g/mol. The Hall–Kier alpha value is -2.36. The highest BCUT2D eigenvalue weighted by atomic mass is 16.8. The zero-order chi connectivity index (χ0) is 71.7. The fourth-order valence-electron chi connectivity index (χ4n) is 13.2. The average molecular weight is 1420 g/mol. The topological polar surface area (TPSA) is 474 Å². The van der Waals surface area contributed by atoms with Crippen molar-refractivity contribution in [3.63, 3.8) is 0 Å². The van der Waals surface area contributed by atoms with Gasteiger partial charge in [-0.15, -0.1) is 0 Å². The summed E-state index contributed by atoms with van der Waals surface area (Å²) in [6, 6.07) is -2.83. The fourth-order valence-corrected chi connectivity index (χ4v) is 13.2. The van der Waals surface area contributed by atoms with Crippen LogP contribution in [0.25, 0.3) is 0 Å². The molecule has 0 saturated carbocycles. The van der Waals surface area contributed by atoms with Gasteiger partial charge < -0.3 is 140 Å². The molecule has 0 aromatic rings. The molecule has 98 heavy (non-hydrogen) atoms. The normalized spacial score (nSPS) is 36.1. The van der Waals surface area contributed by atoms with E-state index in [2.05, 4.69) is 24.5 Å². The minimum Gasteiger partial charge on any atom is -0.394 e. The minimum atomic E-state index is -2.18. The third-order valence-corrected chi connectivity index (χ3v) is 19.2. The first-order valence-corrected chi connectivity index (χ1v) is 36.5. The van der Waals surface area contributed by atoms with E-state index in [0.29, 0.717) is 12.8 Å². The lowest BCUT2D eigenvalue weighted by Gasteiger charge is -2.50. The Balaban J connectivity index is 1.23. The van der Waals surface area contributed by atoms with Crippen LogP contribution in [0.5, 0.6) is 0 Å². The molecule has 5 rings (SSSR count). The van der Waals surface area contributed by atoms with E-state index in [0.717, 1.165) is 58.3 Å². The lowest BCUT2D eigenvalue weighted by atomic mass is 9.94. The molecule has 5 heterocycles. The van der Waals surface area contributed by atoms with Crippen LogP contribution in [-0.2, 0) is 57.0 Å². The molecule has 10 unspecified atom stereocenters. The number of nitrogens with one attached hydrogen (secondary N) is 2. The largest absolute Gasteiger partial charge is 0.394 e. The number of aliphatic hydroxyl groups is 16. The van der Waals surface area contributed by atoms with Crippen molar-refractivity contribution in [3.05, 3.63) is 12.2 Å². The molecule has 5 aliphatic rings. The molecule has 30 heteroatoms. The van der Waals surface area contributed by atoms with E-state index in [-0.39, 0.29) is 12.3 Å². The van der Waals surface area contributed by atoms with E-state index in [1.54, 1.807) is 6.08 Å². The van der Waals surface area contributed by atoms with E-state index >= 15 is 0 Å². The first kappa shape index (κ1) is 86.3. The fraction of sp³-hybridized carbons (Fsp3) is 0.941. The molecule has 2 amide bonds. The van der Waals surface area contributed by atoms with Crippen LogP contribution >= 0.6 is 0 Å². The highest BCUT2D eigenvalue weighted by molar-refractivity contribution is 5.76. The molecule has 5 aliphatic heterocycles. The van der Waals surface area contributed by atoms with Crippen molar-refractivity contribution in [1.29, 1.82) is 0 Å². The van der Waals surface area contributed by atoms with Crippen molar-refractivity contribution < 1.29 is 139 Å². The van der Waals surface area contributed by atoms with Gasteiger partial charge in [0.1, 0.15) is 122 Å². The van der Waals surface area contributed by atoms with Crippen LogP contribution in [0.3, 0.4) is 0 Å². The zero-order valence-electron chi connectivity index (χ0n) is 57.8. The van der Waals surface area contributed by atoms with Crippen LogP contribution in [0.2, 0.25) is 0 Å². The highest BCUT2D eigenvalue weighted by Crippen LogP contribution is 2.37. The van der Waals surface area contributed by atoms with Gasteiger partial charge in [0.2, 0.25) is 11.8 Å². The summed E-state index contributed by atoms with van der Waals surface area (Å²) in [6.07, 6.45) is -11.9. The van der Waals surface area contributed by atoms with Crippen molar-refractivity contribution in [2.75, 3.05) is 39.6 Å². The summed E-state index contributed by atoms with van der Waals surface area (Å²) in [7, 11) is 0. The third kappa shape index (κ3) is 27.0. The van der Waals surface area contributed by atoms with Gasteiger partial charge in [-0.25, -0.2) is 0 Å². The van der Waals surface area contributed by atoms with E-state index < -0.39 is 211 Å². The Morgan fingerprint density at radius 3 is 1.20 bits per heavy atom. The van der Waals surface area contributed by atoms with Gasteiger partial charge in [-0.3, -0.25) is 9.59 Å². The molecule has 0 aromatic heterocycles. The number of hydrogen-bond donors (Lipinski definition) is 18. The quantitative estimate of drug-likeness (QED) is 0.0272. The number of carbonyl (C=O) groups is 2. The number of unbranched alkanes of at least 4 members (excludes halogenated alkanes) is 25. The molecule has 0 aromatic carbocycles. The summed E-state index contributed by atoms with van der Waals surface area (Å²) in [5, 5.41) is 181. The highest BCUT2D eigenvalue weighted by Gasteiger charge is 2.57. The number of amides is 2. The van der Waals surface area contributed by atoms with Crippen LogP contribution in [0.15, 0.2) is 12.2 Å². The lowest BCUT2D eigenvalue weighted by molar-refractivity contribution is -0.386. The van der Waals surface area contributed by atoms with Gasteiger partial charge in [0, 0.05) is 13.3 Å². The maximum Gasteiger partial charge on any atom is 0.220 e. The zero-order valence-corrected chi connectivity index (χ0v) is 57.8. The first-order chi connectivity index (χ1) is 47.2. The van der Waals surface area contributed by atoms with Gasteiger partial charge in [0.15, 0.2) is 31.5 Å². The molecule has 0 spiro atoms. The Kier molecular flexibility index (Phi) is 41.5. The van der Waals surface area contributed by atoms with E-state index in [4.69, 9.17) is 47.4 Å². The van der Waals surface area contributed by atoms with Gasteiger partial charge in [-0.1, -0.05) is 180 Å². The summed E-state index contributed by atoms with van der Waals surface area (Å²) in [4.78, 5) is 26.4. The minimum absolute atomic E-state index is 0.189. The number of ether oxygens (including phenoxy) is 10. The van der Waals surface area contributed by atoms with Crippen molar-refractivity contribution in [3.8, 4) is 0 Å². The Labute approximate surface area is 577 Å². The smallest absolute Gasteiger partial charge is 0.220 e. The van der Waals surface area contributed by atoms with Crippen molar-refractivity contribution in [2.45, 2.75) is 366 Å². The van der Waals surface area contributed by atoms with Crippen LogP contribution < -0.4 is 10.6 Å². The van der Waals surface area contributed by atoms with Crippen LogP contribution in [0.1, 0.15) is 201 Å². The second kappa shape index (κ2) is 47.2. The predicted octanol–water partition coefficient (Wildman–Crippen LogP) is -0.392. The van der Waals surface area contributed by atoms with Gasteiger partial charge in [-0.2, -0.15) is 0 Å². The number of carbonyl (C=O) groups excluding carboxylic acids is 2. The molecule has 27 atom stereocenters. The third-order valence-electron chi connectivity index (χ3n) is 19.2. The van der Waals surface area contributed by atoms with E-state index in [1.807, 2.05) is 6.08 Å². The number of aliphatic hydroxyl groups excluding tert-OH is 16. The van der Waals surface area contributed by atoms with Crippen molar-refractivity contribution >= 4 is 11.8 Å². The molecule has 18 N–H and O–H groups in total. The number of allylic oxidation sites excluding steroid dienone is 1. The van der Waals surface area contributed by atoms with Crippen LogP contribution in [0, 0.1) is 0 Å². The number of hydrogen-bond acceptors (Lipinski definition) is 28. The van der Waals surface area contributed by atoms with Gasteiger partial charge >= 0.3 is 0 Å². The van der Waals surface area contributed by atoms with Crippen LogP contribution in [0.4, 0.5) is 0 Å². The molecular formula is C68H124N2O28. The Bertz CT molecular complexity index is 2150. The second-order valence-electron chi connectivity index (χ2n) is 27.1. The average Bonchev–Trinajstić information content (AvgIpc) is 0.771. The standard InChI is InChI=1S/C68H124N2O28/c1-4-6-8-10-12-14-16-18-19-21-23-25-27-29-31-33-48(78)70-41(42(77)32-30-28-26-24-22-20-17-15-13-11-9-7-5-2)39-89-65-57(86)55(84)60(47(38-75)94-65)95-67-58(87)62(52(81)45(36-73)92-67)97-64-49(69-40(3)76)61(51(80)44(35-72)90-64)96-68-59(88)63(53(82)46(37-74)93-68)98-66-56(85)54(83)50(79)43(34-71)91-66/h30,32,41-47,49-68,71-75,77,79-88H,4-29,31,33-39H2,1-3H3,(H,69,76)(H,70,78)/b32-30+/t41-,42+,43?,44?,45?,46?,47?,49?,50-,51+,52-,53-,54-,55+,56?,57?,58?,59?,60+,61+,62-,63-,64-,65+,66-,67-,68-/m0/s1. The maximum atomic E-state index is 13.5. The molecule has 0 bridgehead atoms. The number of rotatable bonds is 48. The van der Waals surface area contributed by atoms with Gasteiger partial charge in [-0.05, 0) is 19.3 Å². The summed E-state index contributed by atoms with van der Waals surface area (Å²) in [5.74, 6) is -1.18. The summed E-state index contributed by atoms with van der Waals surface area (Å²) < 4.78 is 58.5. The lowest BCUT2D eigenvalue weighted by Crippen LogP contribution is -2.70.